The topological polar surface area (TPSA) is 43.4 Å². The fourth-order valence-electron chi connectivity index (χ4n) is 1.77. The summed E-state index contributed by atoms with van der Waals surface area (Å²) in [5.74, 6) is -0.0333. The van der Waals surface area contributed by atoms with Crippen molar-refractivity contribution >= 4 is 11.8 Å². The van der Waals surface area contributed by atoms with Crippen LogP contribution in [0.5, 0.6) is 0 Å². The number of ether oxygens (including phenoxy) is 1. The van der Waals surface area contributed by atoms with Crippen LogP contribution in [-0.4, -0.2) is 18.9 Å². The van der Waals surface area contributed by atoms with Crippen molar-refractivity contribution in [1.82, 2.24) is 0 Å². The number of rotatable bonds is 4. The summed E-state index contributed by atoms with van der Waals surface area (Å²) in [7, 11) is 1.37. The van der Waals surface area contributed by atoms with E-state index in [1.807, 2.05) is 6.92 Å². The minimum atomic E-state index is -0.247. The molecule has 0 fully saturated rings. The number of methoxy groups -OCH3 is 1. The maximum Gasteiger partial charge on any atom is 0.309 e. The van der Waals surface area contributed by atoms with Crippen molar-refractivity contribution in [1.29, 1.82) is 0 Å². The van der Waals surface area contributed by atoms with E-state index in [1.165, 1.54) is 7.11 Å². The third kappa shape index (κ3) is 2.44. The van der Waals surface area contributed by atoms with E-state index >= 15 is 0 Å². The van der Waals surface area contributed by atoms with Crippen molar-refractivity contribution in [3.8, 4) is 0 Å². The number of hydrogen-bond donors (Lipinski definition) is 0. The summed E-state index contributed by atoms with van der Waals surface area (Å²) in [6, 6.07) is 0. The molecule has 0 heterocycles. The van der Waals surface area contributed by atoms with E-state index in [1.54, 1.807) is 0 Å². The summed E-state index contributed by atoms with van der Waals surface area (Å²) in [6.45, 7) is 2.04. The number of carbonyl (C=O) groups excluding carboxylic acids is 2. The number of allylic oxidation sites excluding steroid dienone is 1. The largest absolute Gasteiger partial charge is 0.469 e. The summed E-state index contributed by atoms with van der Waals surface area (Å²) < 4.78 is 4.59. The first-order valence-corrected chi connectivity index (χ1v) is 5.00. The molecule has 0 saturated heterocycles. The zero-order valence-electron chi connectivity index (χ0n) is 8.76. The van der Waals surface area contributed by atoms with Crippen LogP contribution in [0.3, 0.4) is 0 Å². The Morgan fingerprint density at radius 1 is 1.43 bits per heavy atom. The predicted octanol–water partition coefficient (Wildman–Crippen LogP) is 2.01. The molecule has 0 aliphatic heterocycles. The molecule has 0 aromatic rings. The molecule has 0 saturated carbocycles. The average Bonchev–Trinajstić information content (AvgIpc) is 2.50. The molecule has 0 amide bonds. The minimum absolute atomic E-state index is 0.214. The number of ketones is 1. The van der Waals surface area contributed by atoms with E-state index in [0.717, 1.165) is 30.4 Å². The van der Waals surface area contributed by atoms with E-state index in [9.17, 15) is 9.59 Å². The molecule has 0 atom stereocenters. The lowest BCUT2D eigenvalue weighted by molar-refractivity contribution is -0.139. The smallest absolute Gasteiger partial charge is 0.309 e. The summed E-state index contributed by atoms with van der Waals surface area (Å²) in [4.78, 5) is 22.5. The van der Waals surface area contributed by atoms with Crippen molar-refractivity contribution in [3.63, 3.8) is 0 Å². The van der Waals surface area contributed by atoms with Gasteiger partial charge < -0.3 is 4.74 Å². The summed E-state index contributed by atoms with van der Waals surface area (Å²) in [6.07, 6.45) is 3.35. The molecule has 0 spiro atoms. The van der Waals surface area contributed by atoms with Crippen LogP contribution in [0, 0.1) is 0 Å². The van der Waals surface area contributed by atoms with Gasteiger partial charge in [-0.05, 0) is 18.4 Å². The molecule has 78 valence electrons. The highest BCUT2D eigenvalue weighted by Gasteiger charge is 2.23. The van der Waals surface area contributed by atoms with Crippen molar-refractivity contribution in [2.24, 2.45) is 0 Å². The molecule has 0 aromatic carbocycles. The molecule has 3 heteroatoms. The highest BCUT2D eigenvalue weighted by molar-refractivity contribution is 5.99. The third-order valence-electron chi connectivity index (χ3n) is 2.50. The maximum absolute atomic E-state index is 11.4. The Labute approximate surface area is 84.1 Å². The predicted molar refractivity (Wildman–Crippen MR) is 52.8 cm³/mol. The van der Waals surface area contributed by atoms with Gasteiger partial charge in [-0.1, -0.05) is 18.9 Å². The average molecular weight is 196 g/mol. The molecular formula is C11H16O3. The van der Waals surface area contributed by atoms with E-state index < -0.39 is 0 Å². The van der Waals surface area contributed by atoms with Gasteiger partial charge in [0.25, 0.3) is 0 Å². The Kier molecular flexibility index (Phi) is 3.86. The first-order chi connectivity index (χ1) is 6.69. The maximum atomic E-state index is 11.4. The molecule has 1 aliphatic rings. The minimum Gasteiger partial charge on any atom is -0.469 e. The van der Waals surface area contributed by atoms with Gasteiger partial charge in [0, 0.05) is 6.42 Å². The number of Topliss-reactive ketones (excluding diaryl/α,β-unsaturated/α-hetero) is 1. The molecule has 0 radical (unpaired) electrons. The van der Waals surface area contributed by atoms with Crippen LogP contribution in [0.2, 0.25) is 0 Å². The fraction of sp³-hybridized carbons (Fsp3) is 0.636. The lowest BCUT2D eigenvalue weighted by Gasteiger charge is -2.03. The van der Waals surface area contributed by atoms with Crippen molar-refractivity contribution in [3.05, 3.63) is 11.1 Å². The van der Waals surface area contributed by atoms with Gasteiger partial charge in [-0.25, -0.2) is 0 Å². The molecule has 0 N–H and O–H groups in total. The zero-order valence-corrected chi connectivity index (χ0v) is 8.76. The lowest BCUT2D eigenvalue weighted by atomic mass is 10.0. The van der Waals surface area contributed by atoms with Gasteiger partial charge >= 0.3 is 5.97 Å². The van der Waals surface area contributed by atoms with Gasteiger partial charge in [0.1, 0.15) is 0 Å². The van der Waals surface area contributed by atoms with E-state index in [2.05, 4.69) is 4.74 Å². The molecule has 0 aromatic heterocycles. The number of esters is 1. The van der Waals surface area contributed by atoms with Crippen LogP contribution in [0.4, 0.5) is 0 Å². The van der Waals surface area contributed by atoms with Crippen molar-refractivity contribution in [2.45, 2.75) is 39.0 Å². The monoisotopic (exact) mass is 196 g/mol. The highest BCUT2D eigenvalue weighted by atomic mass is 16.5. The van der Waals surface area contributed by atoms with Crippen molar-refractivity contribution < 1.29 is 14.3 Å². The summed E-state index contributed by atoms with van der Waals surface area (Å²) in [5.41, 5.74) is 1.86. The normalized spacial score (nSPS) is 16.3. The zero-order chi connectivity index (χ0) is 10.6. The SMILES string of the molecule is CCCC1=C(CC(=O)OC)CCC1=O. The second-order valence-corrected chi connectivity index (χ2v) is 3.51. The molecule has 0 unspecified atom stereocenters. The van der Waals surface area contributed by atoms with Crippen LogP contribution in [0.15, 0.2) is 11.1 Å². The standard InChI is InChI=1S/C11H16O3/c1-3-4-9-8(5-6-10(9)12)7-11(13)14-2/h3-7H2,1-2H3. The second kappa shape index (κ2) is 4.94. The van der Waals surface area contributed by atoms with Gasteiger partial charge in [-0.3, -0.25) is 9.59 Å². The first kappa shape index (κ1) is 11.0. The Hall–Kier alpha value is -1.12. The van der Waals surface area contributed by atoms with Gasteiger partial charge in [0.2, 0.25) is 0 Å². The Bertz CT molecular complexity index is 276. The van der Waals surface area contributed by atoms with Gasteiger partial charge in [-0.2, -0.15) is 0 Å². The van der Waals surface area contributed by atoms with E-state index in [4.69, 9.17) is 0 Å². The van der Waals surface area contributed by atoms with Crippen molar-refractivity contribution in [2.75, 3.05) is 7.11 Å². The molecule has 1 aliphatic carbocycles. The molecule has 3 nitrogen and oxygen atoms in total. The molecule has 14 heavy (non-hydrogen) atoms. The molecule has 0 bridgehead atoms. The summed E-state index contributed by atoms with van der Waals surface area (Å²) in [5, 5.41) is 0. The second-order valence-electron chi connectivity index (χ2n) is 3.51. The highest BCUT2D eigenvalue weighted by Crippen LogP contribution is 2.28. The van der Waals surface area contributed by atoms with E-state index in [0.29, 0.717) is 6.42 Å². The van der Waals surface area contributed by atoms with Gasteiger partial charge in [-0.15, -0.1) is 0 Å². The van der Waals surface area contributed by atoms with E-state index in [-0.39, 0.29) is 18.2 Å². The number of carbonyl (C=O) groups is 2. The van der Waals surface area contributed by atoms with Crippen LogP contribution >= 0.6 is 0 Å². The Balaban J connectivity index is 2.71. The van der Waals surface area contributed by atoms with Crippen LogP contribution < -0.4 is 0 Å². The molecular weight excluding hydrogens is 180 g/mol. The number of hydrogen-bond acceptors (Lipinski definition) is 3. The Morgan fingerprint density at radius 3 is 2.71 bits per heavy atom. The fourth-order valence-corrected chi connectivity index (χ4v) is 1.77. The van der Waals surface area contributed by atoms with Crippen LogP contribution in [-0.2, 0) is 14.3 Å². The first-order valence-electron chi connectivity index (χ1n) is 5.00. The Morgan fingerprint density at radius 2 is 2.14 bits per heavy atom. The van der Waals surface area contributed by atoms with Crippen LogP contribution in [0.25, 0.3) is 0 Å². The summed E-state index contributed by atoms with van der Waals surface area (Å²) >= 11 is 0. The quantitative estimate of drug-likeness (QED) is 0.646. The van der Waals surface area contributed by atoms with Gasteiger partial charge in [0.05, 0.1) is 13.5 Å². The lowest BCUT2D eigenvalue weighted by Crippen LogP contribution is -2.03. The van der Waals surface area contributed by atoms with Gasteiger partial charge in [0.15, 0.2) is 5.78 Å². The molecule has 1 rings (SSSR count). The van der Waals surface area contributed by atoms with Crippen LogP contribution in [0.1, 0.15) is 39.0 Å². The third-order valence-corrected chi connectivity index (χ3v) is 2.50.